The fourth-order valence-electron chi connectivity index (χ4n) is 1.38. The summed E-state index contributed by atoms with van der Waals surface area (Å²) in [5.41, 5.74) is 5.61. The van der Waals surface area contributed by atoms with Crippen LogP contribution >= 0.6 is 23.2 Å². The van der Waals surface area contributed by atoms with Crippen LogP contribution in [0, 0.1) is 0 Å². The molecule has 5 nitrogen and oxygen atoms in total. The molecule has 8 heteroatoms. The highest BCUT2D eigenvalue weighted by Gasteiger charge is 2.21. The van der Waals surface area contributed by atoms with Gasteiger partial charge in [0.1, 0.15) is 4.90 Å². The molecule has 18 heavy (non-hydrogen) atoms. The molecule has 0 amide bonds. The lowest BCUT2D eigenvalue weighted by atomic mass is 10.3. The Morgan fingerprint density at radius 3 is 2.50 bits per heavy atom. The van der Waals surface area contributed by atoms with Gasteiger partial charge < -0.3 is 10.8 Å². The van der Waals surface area contributed by atoms with Crippen molar-refractivity contribution in [3.05, 3.63) is 22.2 Å². The third kappa shape index (κ3) is 4.00. The molecule has 0 aliphatic heterocycles. The molecule has 4 N–H and O–H groups in total. The van der Waals surface area contributed by atoms with Crippen LogP contribution in [0.1, 0.15) is 12.8 Å². The van der Waals surface area contributed by atoms with Gasteiger partial charge in [-0.2, -0.15) is 0 Å². The number of hydrogen-bond acceptors (Lipinski definition) is 4. The van der Waals surface area contributed by atoms with Crippen molar-refractivity contribution in [3.63, 3.8) is 0 Å². The molecule has 0 aliphatic carbocycles. The molecule has 0 saturated heterocycles. The van der Waals surface area contributed by atoms with Crippen LogP contribution in [0.2, 0.25) is 10.0 Å². The zero-order valence-electron chi connectivity index (χ0n) is 9.49. The molecule has 0 radical (unpaired) electrons. The summed E-state index contributed by atoms with van der Waals surface area (Å²) in [5.74, 6) is 0. The van der Waals surface area contributed by atoms with Crippen LogP contribution in [0.3, 0.4) is 0 Å². The number of nitrogen functional groups attached to an aromatic ring is 1. The number of sulfonamides is 1. The van der Waals surface area contributed by atoms with E-state index in [1.807, 2.05) is 0 Å². The lowest BCUT2D eigenvalue weighted by molar-refractivity contribution is 0.285. The molecule has 0 saturated carbocycles. The standard InChI is InChI=1S/C10H14Cl2N2O3S/c11-7-5-8(12)10(9(13)6-7)18(16,17)14-3-1-2-4-15/h5-6,14-15H,1-4,13H2. The Morgan fingerprint density at radius 2 is 1.94 bits per heavy atom. The van der Waals surface area contributed by atoms with Gasteiger partial charge in [-0.15, -0.1) is 0 Å². The molecule has 0 aliphatic rings. The van der Waals surface area contributed by atoms with Crippen LogP contribution in [0.15, 0.2) is 17.0 Å². The number of nitrogens with one attached hydrogen (secondary N) is 1. The molecule has 1 aromatic carbocycles. The molecule has 0 spiro atoms. The summed E-state index contributed by atoms with van der Waals surface area (Å²) in [7, 11) is -3.77. The van der Waals surface area contributed by atoms with Gasteiger partial charge >= 0.3 is 0 Å². The summed E-state index contributed by atoms with van der Waals surface area (Å²) in [6.07, 6.45) is 1.05. The molecule has 0 bridgehead atoms. The van der Waals surface area contributed by atoms with E-state index in [1.54, 1.807) is 0 Å². The number of halogens is 2. The molecule has 102 valence electrons. The van der Waals surface area contributed by atoms with Gasteiger partial charge in [0.25, 0.3) is 0 Å². The summed E-state index contributed by atoms with van der Waals surface area (Å²) >= 11 is 11.5. The Balaban J connectivity index is 2.92. The number of nitrogens with two attached hydrogens (primary N) is 1. The first kappa shape index (κ1) is 15.5. The number of unbranched alkanes of at least 4 members (excludes halogenated alkanes) is 1. The first-order valence-corrected chi connectivity index (χ1v) is 7.47. The molecule has 0 fully saturated rings. The van der Waals surface area contributed by atoms with E-state index in [4.69, 9.17) is 34.0 Å². The van der Waals surface area contributed by atoms with E-state index in [0.29, 0.717) is 12.8 Å². The molecule has 1 rings (SSSR count). The Morgan fingerprint density at radius 1 is 1.28 bits per heavy atom. The fourth-order valence-corrected chi connectivity index (χ4v) is 3.44. The van der Waals surface area contributed by atoms with Crippen molar-refractivity contribution < 1.29 is 13.5 Å². The predicted octanol–water partition coefficient (Wildman–Crippen LogP) is 1.63. The lowest BCUT2D eigenvalue weighted by Gasteiger charge is -2.11. The maximum Gasteiger partial charge on any atom is 0.244 e. The highest BCUT2D eigenvalue weighted by molar-refractivity contribution is 7.89. The van der Waals surface area contributed by atoms with Crippen molar-refractivity contribution >= 4 is 38.9 Å². The summed E-state index contributed by atoms with van der Waals surface area (Å²) in [4.78, 5) is -0.169. The zero-order valence-corrected chi connectivity index (χ0v) is 11.8. The van der Waals surface area contributed by atoms with Gasteiger partial charge in [0.2, 0.25) is 10.0 Å². The minimum atomic E-state index is -3.77. The van der Waals surface area contributed by atoms with Crippen LogP contribution in [-0.4, -0.2) is 26.7 Å². The minimum absolute atomic E-state index is 0.00200. The van der Waals surface area contributed by atoms with Crippen molar-refractivity contribution in [2.24, 2.45) is 0 Å². The molecular formula is C10H14Cl2N2O3S. The number of hydrogen-bond donors (Lipinski definition) is 3. The third-order valence-electron chi connectivity index (χ3n) is 2.18. The van der Waals surface area contributed by atoms with Crippen LogP contribution < -0.4 is 10.5 Å². The van der Waals surface area contributed by atoms with E-state index in [1.165, 1.54) is 12.1 Å². The largest absolute Gasteiger partial charge is 0.398 e. The topological polar surface area (TPSA) is 92.4 Å². The third-order valence-corrected chi connectivity index (χ3v) is 4.39. The Hall–Kier alpha value is -0.530. The number of benzene rings is 1. The Kier molecular flexibility index (Phi) is 5.68. The zero-order chi connectivity index (χ0) is 13.8. The minimum Gasteiger partial charge on any atom is -0.398 e. The van der Waals surface area contributed by atoms with Gasteiger partial charge in [-0.05, 0) is 25.0 Å². The van der Waals surface area contributed by atoms with Crippen molar-refractivity contribution in [2.75, 3.05) is 18.9 Å². The summed E-state index contributed by atoms with van der Waals surface area (Å²) in [5, 5.41) is 8.85. The molecule has 0 heterocycles. The Bertz CT molecular complexity index is 497. The van der Waals surface area contributed by atoms with E-state index in [0.717, 1.165) is 0 Å². The summed E-state index contributed by atoms with van der Waals surface area (Å²) in [6.45, 7) is 0.229. The van der Waals surface area contributed by atoms with E-state index in [2.05, 4.69) is 4.72 Å². The number of aliphatic hydroxyl groups excluding tert-OH is 1. The highest BCUT2D eigenvalue weighted by atomic mass is 35.5. The summed E-state index contributed by atoms with van der Waals surface area (Å²) < 4.78 is 26.3. The monoisotopic (exact) mass is 312 g/mol. The van der Waals surface area contributed by atoms with Crippen molar-refractivity contribution in [3.8, 4) is 0 Å². The van der Waals surface area contributed by atoms with Crippen LogP contribution in [-0.2, 0) is 10.0 Å². The smallest absolute Gasteiger partial charge is 0.244 e. The van der Waals surface area contributed by atoms with Crippen molar-refractivity contribution in [1.82, 2.24) is 4.72 Å². The number of anilines is 1. The van der Waals surface area contributed by atoms with E-state index < -0.39 is 10.0 Å². The SMILES string of the molecule is Nc1cc(Cl)cc(Cl)c1S(=O)(=O)NCCCCO. The molecular weight excluding hydrogens is 299 g/mol. The molecule has 1 aromatic rings. The quantitative estimate of drug-likeness (QED) is 0.550. The van der Waals surface area contributed by atoms with Crippen molar-refractivity contribution in [2.45, 2.75) is 17.7 Å². The Labute approximate surface area is 116 Å². The van der Waals surface area contributed by atoms with Gasteiger partial charge in [0.05, 0.1) is 10.7 Å². The van der Waals surface area contributed by atoms with Gasteiger partial charge in [-0.3, -0.25) is 0 Å². The van der Waals surface area contributed by atoms with Crippen LogP contribution in [0.25, 0.3) is 0 Å². The van der Waals surface area contributed by atoms with E-state index in [9.17, 15) is 8.42 Å². The van der Waals surface area contributed by atoms with Gasteiger partial charge in [-0.1, -0.05) is 23.2 Å². The lowest BCUT2D eigenvalue weighted by Crippen LogP contribution is -2.26. The fraction of sp³-hybridized carbons (Fsp3) is 0.400. The second kappa shape index (κ2) is 6.58. The van der Waals surface area contributed by atoms with E-state index >= 15 is 0 Å². The normalized spacial score (nSPS) is 11.7. The molecule has 0 atom stereocenters. The summed E-state index contributed by atoms with van der Waals surface area (Å²) in [6, 6.07) is 2.65. The van der Waals surface area contributed by atoms with Crippen LogP contribution in [0.4, 0.5) is 5.69 Å². The van der Waals surface area contributed by atoms with Crippen molar-refractivity contribution in [1.29, 1.82) is 0 Å². The average molecular weight is 313 g/mol. The average Bonchev–Trinajstić information content (AvgIpc) is 2.22. The van der Waals surface area contributed by atoms with Gasteiger partial charge in [0, 0.05) is 18.2 Å². The number of aliphatic hydroxyl groups is 1. The maximum atomic E-state index is 12.0. The predicted molar refractivity (Wildman–Crippen MR) is 72.4 cm³/mol. The second-order valence-corrected chi connectivity index (χ2v) is 6.18. The van der Waals surface area contributed by atoms with E-state index in [-0.39, 0.29) is 33.8 Å². The highest BCUT2D eigenvalue weighted by Crippen LogP contribution is 2.30. The first-order valence-electron chi connectivity index (χ1n) is 5.23. The maximum absolute atomic E-state index is 12.0. The molecule has 0 unspecified atom stereocenters. The number of rotatable bonds is 6. The van der Waals surface area contributed by atoms with Gasteiger partial charge in [0.15, 0.2) is 0 Å². The first-order chi connectivity index (χ1) is 8.38. The second-order valence-electron chi connectivity index (χ2n) is 3.63. The molecule has 0 aromatic heterocycles. The van der Waals surface area contributed by atoms with Crippen LogP contribution in [0.5, 0.6) is 0 Å². The van der Waals surface area contributed by atoms with Gasteiger partial charge in [-0.25, -0.2) is 13.1 Å².